The van der Waals surface area contributed by atoms with Crippen LogP contribution in [0, 0.1) is 0 Å². The lowest BCUT2D eigenvalue weighted by molar-refractivity contribution is 0.340. The van der Waals surface area contributed by atoms with Crippen molar-refractivity contribution < 1.29 is 4.74 Å². The predicted molar refractivity (Wildman–Crippen MR) is 105 cm³/mol. The third-order valence-corrected chi connectivity index (χ3v) is 4.04. The fraction of sp³-hybridized carbons (Fsp3) is 0.333. The minimum Gasteiger partial charge on any atom is -0.494 e. The number of rotatable bonds is 6. The number of nitrogens with one attached hydrogen (secondary N) is 2. The Morgan fingerprint density at radius 3 is 2.63 bits per heavy atom. The van der Waals surface area contributed by atoms with E-state index in [1.54, 1.807) is 17.8 Å². The minimum atomic E-state index is -0.509. The molecule has 0 aliphatic rings. The molecule has 2 heterocycles. The maximum Gasteiger partial charge on any atom is 0.329 e. The first-order valence-corrected chi connectivity index (χ1v) is 8.65. The normalized spacial score (nSPS) is 11.6. The van der Waals surface area contributed by atoms with E-state index in [9.17, 15) is 9.59 Å². The van der Waals surface area contributed by atoms with E-state index in [-0.39, 0.29) is 6.04 Å². The van der Waals surface area contributed by atoms with Gasteiger partial charge in [0.15, 0.2) is 11.2 Å². The summed E-state index contributed by atoms with van der Waals surface area (Å²) in [5.41, 5.74) is 3.39. The van der Waals surface area contributed by atoms with Crippen molar-refractivity contribution in [3.63, 3.8) is 0 Å². The standard InChI is InChI=1S/C18H22N6O3/c1-5-27-13-8-6-12(7-9-13)10-19-22-17-20-15-14(24(17)11(2)3)16(25)21-18(26)23(15)4/h6-11H,5H2,1-4H3,(H,20,22)(H,21,25,26). The molecule has 0 amide bonds. The zero-order valence-electron chi connectivity index (χ0n) is 15.7. The third-order valence-electron chi connectivity index (χ3n) is 4.04. The van der Waals surface area contributed by atoms with Gasteiger partial charge in [-0.05, 0) is 50.6 Å². The van der Waals surface area contributed by atoms with Gasteiger partial charge in [-0.15, -0.1) is 0 Å². The number of nitrogens with zero attached hydrogens (tertiary/aromatic N) is 4. The molecule has 9 heteroatoms. The van der Waals surface area contributed by atoms with E-state index in [1.807, 2.05) is 45.0 Å². The largest absolute Gasteiger partial charge is 0.494 e. The number of aromatic amines is 1. The van der Waals surface area contributed by atoms with Gasteiger partial charge in [-0.25, -0.2) is 10.2 Å². The molecule has 3 rings (SSSR count). The van der Waals surface area contributed by atoms with E-state index < -0.39 is 11.2 Å². The van der Waals surface area contributed by atoms with Crippen molar-refractivity contribution >= 4 is 23.3 Å². The van der Waals surface area contributed by atoms with Crippen molar-refractivity contribution in [3.8, 4) is 5.75 Å². The number of hydrogen-bond donors (Lipinski definition) is 2. The molecule has 2 aromatic heterocycles. The van der Waals surface area contributed by atoms with Crippen molar-refractivity contribution in [2.24, 2.45) is 12.1 Å². The van der Waals surface area contributed by atoms with Crippen molar-refractivity contribution in [2.45, 2.75) is 26.8 Å². The number of aryl methyl sites for hydroxylation is 1. The molecule has 2 N–H and O–H groups in total. The van der Waals surface area contributed by atoms with E-state index >= 15 is 0 Å². The van der Waals surface area contributed by atoms with Crippen LogP contribution < -0.4 is 21.4 Å². The first kappa shape index (κ1) is 18.4. The Labute approximate surface area is 155 Å². The van der Waals surface area contributed by atoms with Crippen LogP contribution in [0.1, 0.15) is 32.4 Å². The van der Waals surface area contributed by atoms with E-state index in [0.29, 0.717) is 23.7 Å². The second-order valence-electron chi connectivity index (χ2n) is 6.26. The van der Waals surface area contributed by atoms with Crippen molar-refractivity contribution in [2.75, 3.05) is 12.0 Å². The summed E-state index contributed by atoms with van der Waals surface area (Å²) in [4.78, 5) is 30.8. The summed E-state index contributed by atoms with van der Waals surface area (Å²) in [7, 11) is 1.56. The van der Waals surface area contributed by atoms with E-state index in [4.69, 9.17) is 4.74 Å². The highest BCUT2D eigenvalue weighted by Gasteiger charge is 2.18. The van der Waals surface area contributed by atoms with E-state index in [0.717, 1.165) is 11.3 Å². The number of ether oxygens (including phenoxy) is 1. The fourth-order valence-corrected chi connectivity index (χ4v) is 2.76. The first-order valence-electron chi connectivity index (χ1n) is 8.65. The van der Waals surface area contributed by atoms with Crippen LogP contribution >= 0.6 is 0 Å². The summed E-state index contributed by atoms with van der Waals surface area (Å²) < 4.78 is 8.42. The van der Waals surface area contributed by atoms with Crippen LogP contribution in [0.5, 0.6) is 5.75 Å². The molecule has 142 valence electrons. The molecule has 0 unspecified atom stereocenters. The van der Waals surface area contributed by atoms with Gasteiger partial charge in [0.05, 0.1) is 12.8 Å². The lowest BCUT2D eigenvalue weighted by Crippen LogP contribution is -2.29. The Hall–Kier alpha value is -3.36. The molecular weight excluding hydrogens is 348 g/mol. The molecule has 9 nitrogen and oxygen atoms in total. The Morgan fingerprint density at radius 2 is 2.00 bits per heavy atom. The highest BCUT2D eigenvalue weighted by Crippen LogP contribution is 2.20. The number of benzene rings is 1. The average Bonchev–Trinajstić information content (AvgIpc) is 3.02. The van der Waals surface area contributed by atoms with E-state index in [2.05, 4.69) is 20.5 Å². The van der Waals surface area contributed by atoms with Gasteiger partial charge in [-0.3, -0.25) is 14.3 Å². The van der Waals surface area contributed by atoms with Crippen LogP contribution in [-0.2, 0) is 7.05 Å². The van der Waals surface area contributed by atoms with E-state index in [1.165, 1.54) is 4.57 Å². The van der Waals surface area contributed by atoms with Crippen LogP contribution in [0.25, 0.3) is 11.2 Å². The number of aromatic nitrogens is 4. The molecule has 0 saturated heterocycles. The fourth-order valence-electron chi connectivity index (χ4n) is 2.76. The molecule has 0 fully saturated rings. The van der Waals surface area contributed by atoms with Gasteiger partial charge < -0.3 is 9.30 Å². The maximum atomic E-state index is 12.3. The summed E-state index contributed by atoms with van der Waals surface area (Å²) in [6, 6.07) is 7.44. The van der Waals surface area contributed by atoms with Crippen LogP contribution in [0.4, 0.5) is 5.95 Å². The first-order chi connectivity index (χ1) is 12.9. The van der Waals surface area contributed by atoms with Gasteiger partial charge in [0.1, 0.15) is 5.75 Å². The van der Waals surface area contributed by atoms with Gasteiger partial charge >= 0.3 is 5.69 Å². The van der Waals surface area contributed by atoms with Crippen LogP contribution in [0.15, 0.2) is 39.0 Å². The number of fused-ring (bicyclic) bond motifs is 1. The van der Waals surface area contributed by atoms with Gasteiger partial charge in [-0.2, -0.15) is 10.1 Å². The second-order valence-corrected chi connectivity index (χ2v) is 6.26. The molecule has 0 aliphatic heterocycles. The molecule has 0 atom stereocenters. The number of H-pyrrole nitrogens is 1. The van der Waals surface area contributed by atoms with Crippen LogP contribution in [0.3, 0.4) is 0 Å². The molecule has 0 spiro atoms. The maximum absolute atomic E-state index is 12.3. The van der Waals surface area contributed by atoms with Crippen molar-refractivity contribution in [1.82, 2.24) is 19.1 Å². The molecule has 27 heavy (non-hydrogen) atoms. The number of hydrogen-bond acceptors (Lipinski definition) is 6. The Kier molecular flexibility index (Phi) is 5.11. The molecular formula is C18H22N6O3. The number of anilines is 1. The smallest absolute Gasteiger partial charge is 0.329 e. The average molecular weight is 370 g/mol. The Bertz CT molecular complexity index is 1090. The monoisotopic (exact) mass is 370 g/mol. The summed E-state index contributed by atoms with van der Waals surface area (Å²) in [5.74, 6) is 1.18. The van der Waals surface area contributed by atoms with Crippen molar-refractivity contribution in [3.05, 3.63) is 50.7 Å². The van der Waals surface area contributed by atoms with Gasteiger partial charge in [0.25, 0.3) is 5.56 Å². The molecule has 1 aromatic carbocycles. The third kappa shape index (κ3) is 3.62. The lowest BCUT2D eigenvalue weighted by Gasteiger charge is -2.11. The lowest BCUT2D eigenvalue weighted by atomic mass is 10.2. The summed E-state index contributed by atoms with van der Waals surface area (Å²) in [6.45, 7) is 6.39. The highest BCUT2D eigenvalue weighted by atomic mass is 16.5. The molecule has 0 saturated carbocycles. The predicted octanol–water partition coefficient (Wildman–Crippen LogP) is 1.85. The topological polar surface area (TPSA) is 106 Å². The van der Waals surface area contributed by atoms with Gasteiger partial charge in [0, 0.05) is 13.1 Å². The second kappa shape index (κ2) is 7.48. The molecule has 3 aromatic rings. The van der Waals surface area contributed by atoms with Gasteiger partial charge in [-0.1, -0.05) is 0 Å². The highest BCUT2D eigenvalue weighted by molar-refractivity contribution is 5.80. The molecule has 0 aliphatic carbocycles. The number of hydrazone groups is 1. The summed E-state index contributed by atoms with van der Waals surface area (Å²) in [6.07, 6.45) is 1.64. The molecule has 0 bridgehead atoms. The zero-order valence-corrected chi connectivity index (χ0v) is 15.7. The zero-order chi connectivity index (χ0) is 19.6. The Balaban J connectivity index is 1.93. The molecule has 0 radical (unpaired) electrons. The van der Waals surface area contributed by atoms with Crippen LogP contribution in [-0.4, -0.2) is 31.9 Å². The number of imidazole rings is 1. The Morgan fingerprint density at radius 1 is 1.30 bits per heavy atom. The van der Waals surface area contributed by atoms with Crippen molar-refractivity contribution in [1.29, 1.82) is 0 Å². The quantitative estimate of drug-likeness (QED) is 0.509. The van der Waals surface area contributed by atoms with Crippen LogP contribution in [0.2, 0.25) is 0 Å². The summed E-state index contributed by atoms with van der Waals surface area (Å²) in [5, 5.41) is 4.21. The summed E-state index contributed by atoms with van der Waals surface area (Å²) >= 11 is 0. The minimum absolute atomic E-state index is 0.0585. The van der Waals surface area contributed by atoms with Gasteiger partial charge in [0.2, 0.25) is 5.95 Å². The SMILES string of the molecule is CCOc1ccc(C=NNc2nc3c(c(=O)[nH]c(=O)n3C)n2C(C)C)cc1.